The van der Waals surface area contributed by atoms with Crippen LogP contribution in [0.2, 0.25) is 0 Å². The fraction of sp³-hybridized carbons (Fsp3) is 0.111. The van der Waals surface area contributed by atoms with E-state index in [1.165, 1.54) is 12.1 Å². The molecule has 0 saturated heterocycles. The second kappa shape index (κ2) is 5.96. The number of nitrogens with zero attached hydrogens (tertiary/aromatic N) is 2. The van der Waals surface area contributed by atoms with Crippen LogP contribution in [-0.2, 0) is 6.54 Å². The van der Waals surface area contributed by atoms with Crippen molar-refractivity contribution in [1.82, 2.24) is 0 Å². The third-order valence-electron chi connectivity index (χ3n) is 3.75. The van der Waals surface area contributed by atoms with Crippen LogP contribution in [0.5, 0.6) is 0 Å². The Morgan fingerprint density at radius 2 is 1.91 bits per heavy atom. The molecule has 0 N–H and O–H groups in total. The summed E-state index contributed by atoms with van der Waals surface area (Å²) in [6.45, 7) is 2.07. The highest BCUT2D eigenvalue weighted by Gasteiger charge is 2.23. The third-order valence-corrected chi connectivity index (χ3v) is 3.75. The van der Waals surface area contributed by atoms with Gasteiger partial charge in [0.25, 0.3) is 5.69 Å². The first-order valence-electron chi connectivity index (χ1n) is 7.22. The molecule has 3 aromatic rings. The molecule has 0 radical (unpaired) electrons. The minimum absolute atomic E-state index is 0.0608. The van der Waals surface area contributed by atoms with E-state index in [4.69, 9.17) is 0 Å². The van der Waals surface area contributed by atoms with E-state index in [0.29, 0.717) is 0 Å². The van der Waals surface area contributed by atoms with Gasteiger partial charge in [0.2, 0.25) is 17.8 Å². The molecule has 0 amide bonds. The predicted molar refractivity (Wildman–Crippen MR) is 86.3 cm³/mol. The van der Waals surface area contributed by atoms with Gasteiger partial charge in [0.15, 0.2) is 6.20 Å². The zero-order valence-electron chi connectivity index (χ0n) is 12.6. The van der Waals surface area contributed by atoms with Gasteiger partial charge >= 0.3 is 0 Å². The Hall–Kier alpha value is -3.08. The number of pyridine rings is 1. The molecule has 3 rings (SSSR count). The van der Waals surface area contributed by atoms with Crippen LogP contribution in [0.3, 0.4) is 0 Å². The lowest BCUT2D eigenvalue weighted by Crippen LogP contribution is -2.38. The van der Waals surface area contributed by atoms with Crippen molar-refractivity contribution in [3.05, 3.63) is 82.0 Å². The highest BCUT2D eigenvalue weighted by Crippen LogP contribution is 2.18. The first-order valence-corrected chi connectivity index (χ1v) is 7.22. The van der Waals surface area contributed by atoms with Crippen LogP contribution in [0.15, 0.2) is 60.8 Å². The molecule has 0 saturated carbocycles. The maximum absolute atomic E-state index is 12.5. The first kappa shape index (κ1) is 14.8. The number of ketones is 1. The average molecular weight is 307 g/mol. The smallest absolute Gasteiger partial charge is 0.280 e. The standard InChI is InChI=1S/C18H15N2O3/c1-13-8-9-16-14(11-13)5-4-10-19(16)12-18(21)15-6-2-3-7-17(15)20(22)23/h2-11H,12H2,1H3/q+1. The van der Waals surface area contributed by atoms with Gasteiger partial charge < -0.3 is 0 Å². The van der Waals surface area contributed by atoms with Gasteiger partial charge in [-0.05, 0) is 25.1 Å². The summed E-state index contributed by atoms with van der Waals surface area (Å²) >= 11 is 0. The number of carbonyl (C=O) groups excluding carboxylic acids is 1. The normalized spacial score (nSPS) is 10.7. The maximum Gasteiger partial charge on any atom is 0.280 e. The molecule has 0 aliphatic carbocycles. The number of Topliss-reactive ketones (excluding diaryl/α,β-unsaturated/α-hetero) is 1. The van der Waals surface area contributed by atoms with Crippen LogP contribution in [0.1, 0.15) is 15.9 Å². The van der Waals surface area contributed by atoms with E-state index in [2.05, 4.69) is 0 Å². The van der Waals surface area contributed by atoms with Crippen molar-refractivity contribution in [2.75, 3.05) is 0 Å². The average Bonchev–Trinajstić information content (AvgIpc) is 2.54. The molecule has 0 fully saturated rings. The van der Waals surface area contributed by atoms with Crippen LogP contribution in [0.25, 0.3) is 10.9 Å². The van der Waals surface area contributed by atoms with Gasteiger partial charge in [0.05, 0.1) is 4.92 Å². The summed E-state index contributed by atoms with van der Waals surface area (Å²) in [6, 6.07) is 15.9. The van der Waals surface area contributed by atoms with Crippen LogP contribution >= 0.6 is 0 Å². The number of para-hydroxylation sites is 1. The lowest BCUT2D eigenvalue weighted by atomic mass is 10.1. The summed E-state index contributed by atoms with van der Waals surface area (Å²) in [5, 5.41) is 12.1. The Balaban J connectivity index is 2.00. The molecule has 1 heterocycles. The van der Waals surface area contributed by atoms with E-state index >= 15 is 0 Å². The molecule has 0 spiro atoms. The van der Waals surface area contributed by atoms with Gasteiger partial charge in [-0.15, -0.1) is 0 Å². The van der Waals surface area contributed by atoms with E-state index < -0.39 is 4.92 Å². The Kier molecular flexibility index (Phi) is 3.85. The Morgan fingerprint density at radius 3 is 2.70 bits per heavy atom. The quantitative estimate of drug-likeness (QED) is 0.322. The molecule has 5 nitrogen and oxygen atoms in total. The Labute approximate surface area is 133 Å². The highest BCUT2D eigenvalue weighted by molar-refractivity contribution is 5.99. The number of hydrogen-bond acceptors (Lipinski definition) is 3. The second-order valence-corrected chi connectivity index (χ2v) is 5.40. The van der Waals surface area contributed by atoms with Crippen molar-refractivity contribution >= 4 is 22.4 Å². The molecule has 114 valence electrons. The minimum atomic E-state index is -0.523. The molecule has 2 aromatic carbocycles. The van der Waals surface area contributed by atoms with Gasteiger partial charge in [0.1, 0.15) is 5.56 Å². The summed E-state index contributed by atoms with van der Waals surface area (Å²) in [6.07, 6.45) is 1.81. The van der Waals surface area contributed by atoms with Gasteiger partial charge in [0, 0.05) is 23.6 Å². The second-order valence-electron chi connectivity index (χ2n) is 5.40. The summed E-state index contributed by atoms with van der Waals surface area (Å²) < 4.78 is 1.81. The van der Waals surface area contributed by atoms with Crippen LogP contribution in [0.4, 0.5) is 5.69 Å². The number of nitro groups is 1. The van der Waals surface area contributed by atoms with Gasteiger partial charge in [-0.25, -0.2) is 0 Å². The summed E-state index contributed by atoms with van der Waals surface area (Å²) in [5.41, 5.74) is 2.04. The lowest BCUT2D eigenvalue weighted by Gasteiger charge is -2.03. The molecule has 1 aromatic heterocycles. The molecule has 23 heavy (non-hydrogen) atoms. The zero-order valence-corrected chi connectivity index (χ0v) is 12.6. The third kappa shape index (κ3) is 2.94. The summed E-state index contributed by atoms with van der Waals surface area (Å²) in [7, 11) is 0. The van der Waals surface area contributed by atoms with E-state index in [1.54, 1.807) is 12.1 Å². The molecule has 5 heteroatoms. The molecule has 0 aliphatic rings. The summed E-state index contributed by atoms with van der Waals surface area (Å²) in [5.74, 6) is -0.282. The van der Waals surface area contributed by atoms with Gasteiger partial charge in [-0.1, -0.05) is 23.8 Å². The molecule has 0 bridgehead atoms. The zero-order chi connectivity index (χ0) is 16.4. The topological polar surface area (TPSA) is 64.1 Å². The van der Waals surface area contributed by atoms with Crippen LogP contribution in [0, 0.1) is 17.0 Å². The number of aryl methyl sites for hydroxylation is 1. The number of fused-ring (bicyclic) bond motifs is 1. The SMILES string of the molecule is Cc1ccc2c(ccc[n+]2CC(=O)c2ccccc2[N+](=O)[O-])c1. The van der Waals surface area contributed by atoms with E-state index in [9.17, 15) is 14.9 Å². The fourth-order valence-electron chi connectivity index (χ4n) is 2.65. The van der Waals surface area contributed by atoms with Gasteiger partial charge in [-0.2, -0.15) is 4.57 Å². The minimum Gasteiger partial charge on any atom is -0.287 e. The number of carbonyl (C=O) groups is 1. The predicted octanol–water partition coefficient (Wildman–Crippen LogP) is 3.23. The largest absolute Gasteiger partial charge is 0.287 e. The number of nitro benzene ring substituents is 1. The van der Waals surface area contributed by atoms with Crippen LogP contribution < -0.4 is 4.57 Å². The molecular weight excluding hydrogens is 292 g/mol. The monoisotopic (exact) mass is 307 g/mol. The fourth-order valence-corrected chi connectivity index (χ4v) is 2.65. The van der Waals surface area contributed by atoms with Gasteiger partial charge in [-0.3, -0.25) is 14.9 Å². The molecule has 0 unspecified atom stereocenters. The van der Waals surface area contributed by atoms with Crippen molar-refractivity contribution in [3.63, 3.8) is 0 Å². The molecular formula is C18H15N2O3+. The maximum atomic E-state index is 12.5. The Morgan fingerprint density at radius 1 is 1.13 bits per heavy atom. The van der Waals surface area contributed by atoms with Crippen molar-refractivity contribution in [3.8, 4) is 0 Å². The first-order chi connectivity index (χ1) is 11.1. The number of rotatable bonds is 4. The van der Waals surface area contributed by atoms with Crippen molar-refractivity contribution in [2.24, 2.45) is 0 Å². The van der Waals surface area contributed by atoms with E-state index in [0.717, 1.165) is 16.5 Å². The Bertz CT molecular complexity index is 919. The molecule has 0 atom stereocenters. The van der Waals surface area contributed by atoms with Crippen molar-refractivity contribution in [2.45, 2.75) is 13.5 Å². The number of aromatic nitrogens is 1. The lowest BCUT2D eigenvalue weighted by molar-refractivity contribution is -0.657. The molecule has 0 aliphatic heterocycles. The number of benzene rings is 2. The van der Waals surface area contributed by atoms with Crippen molar-refractivity contribution < 1.29 is 14.3 Å². The van der Waals surface area contributed by atoms with E-state index in [-0.39, 0.29) is 23.6 Å². The van der Waals surface area contributed by atoms with E-state index in [1.807, 2.05) is 48.0 Å². The van der Waals surface area contributed by atoms with Crippen LogP contribution in [-0.4, -0.2) is 10.7 Å². The summed E-state index contributed by atoms with van der Waals surface area (Å²) in [4.78, 5) is 23.1. The highest BCUT2D eigenvalue weighted by atomic mass is 16.6. The number of hydrogen-bond donors (Lipinski definition) is 0. The van der Waals surface area contributed by atoms with Crippen molar-refractivity contribution in [1.29, 1.82) is 0 Å².